The van der Waals surface area contributed by atoms with E-state index in [1.165, 1.54) is 6.07 Å². The molecule has 0 saturated heterocycles. The number of rotatable bonds is 4. The van der Waals surface area contributed by atoms with Crippen LogP contribution in [0, 0.1) is 12.7 Å². The van der Waals surface area contributed by atoms with E-state index in [-0.39, 0.29) is 18.0 Å². The van der Waals surface area contributed by atoms with Gasteiger partial charge in [0.2, 0.25) is 5.91 Å². The average Bonchev–Trinajstić information content (AvgIpc) is 2.42. The van der Waals surface area contributed by atoms with Gasteiger partial charge in [-0.15, -0.1) is 0 Å². The fourth-order valence-electron chi connectivity index (χ4n) is 1.88. The first-order valence-corrected chi connectivity index (χ1v) is 6.27. The molecule has 104 valence electrons. The summed E-state index contributed by atoms with van der Waals surface area (Å²) in [6.07, 6.45) is 0.171. The number of nitrogens with one attached hydrogen (secondary N) is 1. The molecule has 0 fully saturated rings. The predicted octanol–water partition coefficient (Wildman–Crippen LogP) is 3.32. The summed E-state index contributed by atoms with van der Waals surface area (Å²) in [6, 6.07) is 11.9. The van der Waals surface area contributed by atoms with Crippen LogP contribution in [0.5, 0.6) is 5.75 Å². The Hall–Kier alpha value is -2.36. The monoisotopic (exact) mass is 273 g/mol. The number of methoxy groups -OCH3 is 1. The third kappa shape index (κ3) is 3.57. The average molecular weight is 273 g/mol. The van der Waals surface area contributed by atoms with Gasteiger partial charge in [0.05, 0.1) is 19.2 Å². The van der Waals surface area contributed by atoms with Crippen molar-refractivity contribution in [3.8, 4) is 5.75 Å². The van der Waals surface area contributed by atoms with Gasteiger partial charge in [0.15, 0.2) is 0 Å². The molecule has 4 heteroatoms. The van der Waals surface area contributed by atoms with Crippen molar-refractivity contribution in [3.63, 3.8) is 0 Å². The van der Waals surface area contributed by atoms with E-state index in [1.807, 2.05) is 12.1 Å². The van der Waals surface area contributed by atoms with Crippen molar-refractivity contribution in [2.24, 2.45) is 0 Å². The Morgan fingerprint density at radius 2 is 2.05 bits per heavy atom. The van der Waals surface area contributed by atoms with Gasteiger partial charge in [0.25, 0.3) is 0 Å². The van der Waals surface area contributed by atoms with Gasteiger partial charge in [-0.05, 0) is 42.3 Å². The number of carbonyl (C=O) groups is 1. The summed E-state index contributed by atoms with van der Waals surface area (Å²) in [7, 11) is 1.57. The maximum Gasteiger partial charge on any atom is 0.228 e. The van der Waals surface area contributed by atoms with E-state index in [4.69, 9.17) is 4.74 Å². The minimum atomic E-state index is -0.427. The van der Waals surface area contributed by atoms with E-state index in [2.05, 4.69) is 5.32 Å². The van der Waals surface area contributed by atoms with Gasteiger partial charge in [-0.1, -0.05) is 18.2 Å². The zero-order chi connectivity index (χ0) is 14.5. The molecule has 0 bridgehead atoms. The second kappa shape index (κ2) is 6.19. The fourth-order valence-corrected chi connectivity index (χ4v) is 1.88. The summed E-state index contributed by atoms with van der Waals surface area (Å²) in [6.45, 7) is 1.80. The maximum absolute atomic E-state index is 13.6. The normalized spacial score (nSPS) is 10.2. The number of hydrogen-bond acceptors (Lipinski definition) is 2. The lowest BCUT2D eigenvalue weighted by Crippen LogP contribution is -2.15. The quantitative estimate of drug-likeness (QED) is 0.928. The Morgan fingerprint density at radius 1 is 1.25 bits per heavy atom. The van der Waals surface area contributed by atoms with Crippen molar-refractivity contribution in [1.82, 2.24) is 0 Å². The summed E-state index contributed by atoms with van der Waals surface area (Å²) in [5, 5.41) is 2.57. The highest BCUT2D eigenvalue weighted by Crippen LogP contribution is 2.17. The third-order valence-corrected chi connectivity index (χ3v) is 2.90. The molecule has 1 N–H and O–H groups in total. The number of ether oxygens (including phenoxy) is 1. The first-order valence-electron chi connectivity index (χ1n) is 6.27. The van der Waals surface area contributed by atoms with Crippen LogP contribution >= 0.6 is 0 Å². The molecule has 0 radical (unpaired) electrons. The summed E-state index contributed by atoms with van der Waals surface area (Å²) in [4.78, 5) is 11.9. The molecule has 0 aromatic heterocycles. The van der Waals surface area contributed by atoms with Crippen LogP contribution in [0.25, 0.3) is 0 Å². The molecule has 0 spiro atoms. The third-order valence-electron chi connectivity index (χ3n) is 2.90. The van der Waals surface area contributed by atoms with Gasteiger partial charge in [-0.3, -0.25) is 4.79 Å². The van der Waals surface area contributed by atoms with E-state index in [0.717, 1.165) is 11.1 Å². The lowest BCUT2D eigenvalue weighted by atomic mass is 10.1. The second-order valence-electron chi connectivity index (χ2n) is 4.56. The van der Waals surface area contributed by atoms with Gasteiger partial charge >= 0.3 is 0 Å². The van der Waals surface area contributed by atoms with Crippen LogP contribution < -0.4 is 10.1 Å². The Kier molecular flexibility index (Phi) is 4.35. The van der Waals surface area contributed by atoms with E-state index >= 15 is 0 Å². The molecule has 2 rings (SSSR count). The van der Waals surface area contributed by atoms with Crippen molar-refractivity contribution in [1.29, 1.82) is 0 Å². The SMILES string of the molecule is COc1cccc(CC(=O)Nc2ccc(C)cc2F)c1. The molecule has 2 aromatic rings. The highest BCUT2D eigenvalue weighted by molar-refractivity contribution is 5.92. The Morgan fingerprint density at radius 3 is 2.75 bits per heavy atom. The molecule has 0 heterocycles. The van der Waals surface area contributed by atoms with Crippen LogP contribution in [-0.4, -0.2) is 13.0 Å². The molecule has 0 atom stereocenters. The van der Waals surface area contributed by atoms with Crippen molar-refractivity contribution < 1.29 is 13.9 Å². The van der Waals surface area contributed by atoms with Crippen LogP contribution in [0.15, 0.2) is 42.5 Å². The van der Waals surface area contributed by atoms with Crippen molar-refractivity contribution >= 4 is 11.6 Å². The van der Waals surface area contributed by atoms with E-state index in [0.29, 0.717) is 5.75 Å². The summed E-state index contributed by atoms with van der Waals surface area (Å²) >= 11 is 0. The van der Waals surface area contributed by atoms with Crippen LogP contribution in [0.3, 0.4) is 0 Å². The Labute approximate surface area is 117 Å². The summed E-state index contributed by atoms with van der Waals surface area (Å²) in [5.74, 6) is 0.00168. The van der Waals surface area contributed by atoms with Gasteiger partial charge in [-0.2, -0.15) is 0 Å². The molecule has 0 aliphatic carbocycles. The van der Waals surface area contributed by atoms with Gasteiger partial charge < -0.3 is 10.1 Å². The van der Waals surface area contributed by atoms with Crippen LogP contribution in [0.4, 0.5) is 10.1 Å². The van der Waals surface area contributed by atoms with Gasteiger partial charge in [0, 0.05) is 0 Å². The minimum absolute atomic E-state index is 0.171. The number of anilines is 1. The van der Waals surface area contributed by atoms with E-state index in [9.17, 15) is 9.18 Å². The molecule has 0 aliphatic rings. The van der Waals surface area contributed by atoms with Gasteiger partial charge in [-0.25, -0.2) is 4.39 Å². The highest BCUT2D eigenvalue weighted by Gasteiger charge is 2.08. The number of halogens is 1. The van der Waals surface area contributed by atoms with Crippen LogP contribution in [0.1, 0.15) is 11.1 Å². The second-order valence-corrected chi connectivity index (χ2v) is 4.56. The molecular formula is C16H16FNO2. The number of aryl methyl sites for hydroxylation is 1. The van der Waals surface area contributed by atoms with Crippen molar-refractivity contribution in [2.75, 3.05) is 12.4 Å². The van der Waals surface area contributed by atoms with Crippen molar-refractivity contribution in [2.45, 2.75) is 13.3 Å². The highest BCUT2D eigenvalue weighted by atomic mass is 19.1. The number of hydrogen-bond donors (Lipinski definition) is 1. The summed E-state index contributed by atoms with van der Waals surface area (Å²) in [5.41, 5.74) is 1.83. The Balaban J connectivity index is 2.05. The summed E-state index contributed by atoms with van der Waals surface area (Å²) < 4.78 is 18.7. The van der Waals surface area contributed by atoms with Gasteiger partial charge in [0.1, 0.15) is 11.6 Å². The molecular weight excluding hydrogens is 257 g/mol. The lowest BCUT2D eigenvalue weighted by molar-refractivity contribution is -0.115. The molecule has 3 nitrogen and oxygen atoms in total. The first-order chi connectivity index (χ1) is 9.58. The predicted molar refractivity (Wildman–Crippen MR) is 76.5 cm³/mol. The van der Waals surface area contributed by atoms with Crippen LogP contribution in [0.2, 0.25) is 0 Å². The van der Waals surface area contributed by atoms with Crippen LogP contribution in [-0.2, 0) is 11.2 Å². The molecule has 20 heavy (non-hydrogen) atoms. The largest absolute Gasteiger partial charge is 0.497 e. The number of amides is 1. The van der Waals surface area contributed by atoms with E-state index in [1.54, 1.807) is 38.3 Å². The van der Waals surface area contributed by atoms with E-state index < -0.39 is 5.82 Å². The molecule has 2 aromatic carbocycles. The zero-order valence-electron chi connectivity index (χ0n) is 11.4. The Bertz CT molecular complexity index is 626. The molecule has 0 aliphatic heterocycles. The molecule has 1 amide bonds. The standard InChI is InChI=1S/C16H16FNO2/c1-11-6-7-15(14(17)8-11)18-16(19)10-12-4-3-5-13(9-12)20-2/h3-9H,10H2,1-2H3,(H,18,19). The smallest absolute Gasteiger partial charge is 0.228 e. The minimum Gasteiger partial charge on any atom is -0.497 e. The maximum atomic E-state index is 13.6. The number of carbonyl (C=O) groups excluding carboxylic acids is 1. The lowest BCUT2D eigenvalue weighted by Gasteiger charge is -2.08. The molecule has 0 unspecified atom stereocenters. The molecule has 0 saturated carbocycles. The zero-order valence-corrected chi connectivity index (χ0v) is 11.4. The number of benzene rings is 2. The topological polar surface area (TPSA) is 38.3 Å². The van der Waals surface area contributed by atoms with Crippen molar-refractivity contribution in [3.05, 3.63) is 59.4 Å². The fraction of sp³-hybridized carbons (Fsp3) is 0.188. The first kappa shape index (κ1) is 14.1.